The fraction of sp³-hybridized carbons (Fsp3) is 0.318. The second-order valence-electron chi connectivity index (χ2n) is 6.87. The number of nitrogens with zero attached hydrogens (tertiary/aromatic N) is 1. The number of carbonyl (C=O) groups excluding carboxylic acids is 1. The number of aromatic amines is 1. The summed E-state index contributed by atoms with van der Waals surface area (Å²) >= 11 is 1.47. The topological polar surface area (TPSA) is 84.1 Å². The molecule has 0 aliphatic carbocycles. The van der Waals surface area contributed by atoms with Crippen LogP contribution in [0.2, 0.25) is 0 Å². The quantitative estimate of drug-likeness (QED) is 0.213. The molecular weight excluding hydrogens is 405 g/mol. The Bertz CT molecular complexity index is 1050. The summed E-state index contributed by atoms with van der Waals surface area (Å²) in [6.07, 6.45) is 3.51. The molecule has 2 N–H and O–H groups in total. The van der Waals surface area contributed by atoms with Crippen molar-refractivity contribution in [1.29, 1.82) is 0 Å². The number of anilines is 1. The Labute approximate surface area is 178 Å². The minimum Gasteiger partial charge on any atom is -0.458 e. The van der Waals surface area contributed by atoms with Gasteiger partial charge in [0.05, 0.1) is 17.1 Å². The van der Waals surface area contributed by atoms with Crippen LogP contribution >= 0.6 is 11.8 Å². The molecule has 158 valence electrons. The molecule has 6 nitrogen and oxygen atoms in total. The first kappa shape index (κ1) is 21.8. The number of benzene rings is 1. The summed E-state index contributed by atoms with van der Waals surface area (Å²) in [6, 6.07) is 5.86. The van der Waals surface area contributed by atoms with Crippen molar-refractivity contribution in [3.05, 3.63) is 75.5 Å². The molecule has 0 bridgehead atoms. The SMILES string of the molecule is C=CCOC(=O)C1=C(C)Nc2nc(SCCCC)[nH]c(=O)c2C1c1cccc(F)c1. The molecule has 2 aromatic rings. The van der Waals surface area contributed by atoms with Crippen molar-refractivity contribution in [1.82, 2.24) is 9.97 Å². The molecule has 3 rings (SSSR count). The minimum absolute atomic E-state index is 0.0277. The molecule has 1 aliphatic heterocycles. The third kappa shape index (κ3) is 4.64. The summed E-state index contributed by atoms with van der Waals surface area (Å²) in [5.74, 6) is -0.662. The maximum absolute atomic E-state index is 14.0. The molecule has 0 radical (unpaired) electrons. The van der Waals surface area contributed by atoms with E-state index in [1.165, 1.54) is 30.0 Å². The number of nitrogens with one attached hydrogen (secondary N) is 2. The molecule has 1 aromatic heterocycles. The number of hydrogen-bond acceptors (Lipinski definition) is 6. The van der Waals surface area contributed by atoms with Gasteiger partial charge in [-0.25, -0.2) is 14.2 Å². The Hall–Kier alpha value is -2.87. The van der Waals surface area contributed by atoms with Gasteiger partial charge in [-0.15, -0.1) is 0 Å². The standard InChI is InChI=1S/C22H24FN3O3S/c1-4-6-11-30-22-25-19-18(20(27)26-22)17(14-8-7-9-15(23)12-14)16(13(3)24-19)21(28)29-10-5-2/h5,7-9,12,17H,2,4,6,10-11H2,1,3H3,(H2,24,25,26,27). The number of carbonyl (C=O) groups is 1. The first-order valence-corrected chi connectivity index (χ1v) is 10.7. The fourth-order valence-electron chi connectivity index (χ4n) is 3.31. The Kier molecular flexibility index (Phi) is 7.10. The van der Waals surface area contributed by atoms with Crippen LogP contribution in [0.15, 0.2) is 58.1 Å². The molecular formula is C22H24FN3O3S. The van der Waals surface area contributed by atoms with Crippen molar-refractivity contribution in [3.63, 3.8) is 0 Å². The van der Waals surface area contributed by atoms with Gasteiger partial charge in [-0.1, -0.05) is 49.9 Å². The lowest BCUT2D eigenvalue weighted by Crippen LogP contribution is -2.31. The summed E-state index contributed by atoms with van der Waals surface area (Å²) in [6.45, 7) is 7.39. The molecule has 1 atom stereocenters. The summed E-state index contributed by atoms with van der Waals surface area (Å²) < 4.78 is 19.2. The minimum atomic E-state index is -0.805. The second kappa shape index (κ2) is 9.75. The van der Waals surface area contributed by atoms with E-state index in [2.05, 4.69) is 28.8 Å². The maximum Gasteiger partial charge on any atom is 0.337 e. The molecule has 0 fully saturated rings. The molecule has 8 heteroatoms. The monoisotopic (exact) mass is 429 g/mol. The van der Waals surface area contributed by atoms with Gasteiger partial charge in [0.25, 0.3) is 5.56 Å². The van der Waals surface area contributed by atoms with Gasteiger partial charge in [0, 0.05) is 11.4 Å². The van der Waals surface area contributed by atoms with Crippen LogP contribution < -0.4 is 10.9 Å². The van der Waals surface area contributed by atoms with Crippen LogP contribution in [0.1, 0.15) is 43.7 Å². The van der Waals surface area contributed by atoms with Crippen LogP contribution in [0, 0.1) is 5.82 Å². The number of hydrogen-bond donors (Lipinski definition) is 2. The van der Waals surface area contributed by atoms with Gasteiger partial charge < -0.3 is 15.0 Å². The van der Waals surface area contributed by atoms with E-state index in [4.69, 9.17) is 4.74 Å². The molecule has 1 aliphatic rings. The average molecular weight is 430 g/mol. The van der Waals surface area contributed by atoms with E-state index >= 15 is 0 Å². The number of ether oxygens (including phenoxy) is 1. The van der Waals surface area contributed by atoms with Crippen molar-refractivity contribution in [2.45, 2.75) is 37.8 Å². The molecule has 1 unspecified atom stereocenters. The highest BCUT2D eigenvalue weighted by atomic mass is 32.2. The molecule has 30 heavy (non-hydrogen) atoms. The molecule has 1 aromatic carbocycles. The molecule has 0 amide bonds. The first-order chi connectivity index (χ1) is 14.5. The van der Waals surface area contributed by atoms with Gasteiger partial charge in [0.2, 0.25) is 0 Å². The zero-order valence-corrected chi connectivity index (χ0v) is 17.8. The Morgan fingerprint density at radius 3 is 2.93 bits per heavy atom. The highest BCUT2D eigenvalue weighted by Crippen LogP contribution is 2.40. The van der Waals surface area contributed by atoms with Gasteiger partial charge in [0.15, 0.2) is 5.16 Å². The second-order valence-corrected chi connectivity index (χ2v) is 7.96. The number of allylic oxidation sites excluding steroid dienone is 1. The van der Waals surface area contributed by atoms with Crippen LogP contribution in [-0.4, -0.2) is 28.3 Å². The normalized spacial score (nSPS) is 15.4. The third-order valence-electron chi connectivity index (χ3n) is 4.69. The molecule has 0 saturated heterocycles. The van der Waals surface area contributed by atoms with E-state index in [0.29, 0.717) is 22.2 Å². The molecule has 0 spiro atoms. The van der Waals surface area contributed by atoms with E-state index in [9.17, 15) is 14.0 Å². The van der Waals surface area contributed by atoms with Crippen LogP contribution in [0.4, 0.5) is 10.2 Å². The van der Waals surface area contributed by atoms with Crippen molar-refractivity contribution in [3.8, 4) is 0 Å². The Balaban J connectivity index is 2.12. The smallest absolute Gasteiger partial charge is 0.337 e. The third-order valence-corrected chi connectivity index (χ3v) is 5.65. The number of fused-ring (bicyclic) bond motifs is 1. The summed E-state index contributed by atoms with van der Waals surface area (Å²) in [5, 5.41) is 3.57. The number of thioether (sulfide) groups is 1. The Morgan fingerprint density at radius 2 is 2.23 bits per heavy atom. The van der Waals surface area contributed by atoms with Crippen LogP contribution in [0.25, 0.3) is 0 Å². The van der Waals surface area contributed by atoms with Crippen LogP contribution in [0.3, 0.4) is 0 Å². The van der Waals surface area contributed by atoms with E-state index in [1.54, 1.807) is 19.1 Å². The summed E-state index contributed by atoms with van der Waals surface area (Å²) in [7, 11) is 0. The molecule has 2 heterocycles. The lowest BCUT2D eigenvalue weighted by atomic mass is 9.82. The van der Waals surface area contributed by atoms with E-state index in [0.717, 1.165) is 18.6 Å². The zero-order chi connectivity index (χ0) is 21.7. The van der Waals surface area contributed by atoms with E-state index in [-0.39, 0.29) is 23.3 Å². The van der Waals surface area contributed by atoms with Crippen molar-refractivity contribution in [2.24, 2.45) is 0 Å². The van der Waals surface area contributed by atoms with Crippen LogP contribution in [-0.2, 0) is 9.53 Å². The van der Waals surface area contributed by atoms with Gasteiger partial charge in [-0.2, -0.15) is 0 Å². The largest absolute Gasteiger partial charge is 0.458 e. The van der Waals surface area contributed by atoms with Gasteiger partial charge >= 0.3 is 5.97 Å². The zero-order valence-electron chi connectivity index (χ0n) is 17.0. The van der Waals surface area contributed by atoms with E-state index in [1.807, 2.05) is 0 Å². The number of rotatable bonds is 8. The van der Waals surface area contributed by atoms with Gasteiger partial charge in [-0.05, 0) is 31.0 Å². The van der Waals surface area contributed by atoms with Gasteiger partial charge in [0.1, 0.15) is 18.2 Å². The first-order valence-electron chi connectivity index (χ1n) is 9.74. The summed E-state index contributed by atoms with van der Waals surface area (Å²) in [5.41, 5.74) is 1.11. The lowest BCUT2D eigenvalue weighted by molar-refractivity contribution is -0.138. The summed E-state index contributed by atoms with van der Waals surface area (Å²) in [4.78, 5) is 33.2. The predicted molar refractivity (Wildman–Crippen MR) is 116 cm³/mol. The fourth-order valence-corrected chi connectivity index (χ4v) is 4.26. The van der Waals surface area contributed by atoms with Crippen molar-refractivity contribution < 1.29 is 13.9 Å². The van der Waals surface area contributed by atoms with Gasteiger partial charge in [-0.3, -0.25) is 4.79 Å². The Morgan fingerprint density at radius 1 is 1.43 bits per heavy atom. The predicted octanol–water partition coefficient (Wildman–Crippen LogP) is 4.36. The number of esters is 1. The number of aromatic nitrogens is 2. The number of unbranched alkanes of at least 4 members (excludes halogenated alkanes) is 1. The van der Waals surface area contributed by atoms with Crippen molar-refractivity contribution >= 4 is 23.5 Å². The molecule has 0 saturated carbocycles. The number of halogens is 1. The lowest BCUT2D eigenvalue weighted by Gasteiger charge is -2.28. The van der Waals surface area contributed by atoms with Crippen LogP contribution in [0.5, 0.6) is 0 Å². The highest BCUT2D eigenvalue weighted by Gasteiger charge is 2.36. The average Bonchev–Trinajstić information content (AvgIpc) is 2.71. The maximum atomic E-state index is 14.0. The highest BCUT2D eigenvalue weighted by molar-refractivity contribution is 7.99. The van der Waals surface area contributed by atoms with Crippen molar-refractivity contribution in [2.75, 3.05) is 17.7 Å². The number of H-pyrrole nitrogens is 1. The van der Waals surface area contributed by atoms with E-state index < -0.39 is 17.7 Å².